The molecule has 1 aromatic heterocycles. The van der Waals surface area contributed by atoms with Crippen LogP contribution in [0.2, 0.25) is 0 Å². The number of nitrogens with one attached hydrogen (secondary N) is 1. The molecule has 0 radical (unpaired) electrons. The van der Waals surface area contributed by atoms with E-state index < -0.39 is 9.84 Å². The standard InChI is InChI=1S/C22H22N2O3S2/c25-21(20-13-7-14-24-22(20)28-19-11-5-2-6-12-19)23-15-8-16-29(26,27)17-18-9-3-1-4-10-18/h1-7,9-14H,8,15-17H2,(H,23,25). The minimum absolute atomic E-state index is 0.0161. The molecule has 3 aromatic rings. The van der Waals surface area contributed by atoms with Gasteiger partial charge in [0.15, 0.2) is 9.84 Å². The second-order valence-electron chi connectivity index (χ2n) is 6.46. The summed E-state index contributed by atoms with van der Waals surface area (Å²) in [6.45, 7) is 0.289. The number of nitrogens with zero attached hydrogens (tertiary/aromatic N) is 1. The fourth-order valence-corrected chi connectivity index (χ4v) is 5.06. The Morgan fingerprint density at radius 2 is 1.62 bits per heavy atom. The van der Waals surface area contributed by atoms with Crippen LogP contribution in [0.25, 0.3) is 0 Å². The first-order chi connectivity index (χ1) is 14.0. The summed E-state index contributed by atoms with van der Waals surface area (Å²) in [5.41, 5.74) is 1.25. The van der Waals surface area contributed by atoms with Gasteiger partial charge in [0.05, 0.1) is 17.1 Å². The van der Waals surface area contributed by atoms with E-state index in [0.717, 1.165) is 10.5 Å². The average molecular weight is 427 g/mol. The van der Waals surface area contributed by atoms with Crippen molar-refractivity contribution in [3.05, 3.63) is 90.1 Å². The van der Waals surface area contributed by atoms with Gasteiger partial charge in [-0.3, -0.25) is 4.79 Å². The zero-order valence-corrected chi connectivity index (χ0v) is 17.5. The molecule has 0 aliphatic rings. The first-order valence-electron chi connectivity index (χ1n) is 9.24. The number of hydrogen-bond donors (Lipinski definition) is 1. The van der Waals surface area contributed by atoms with Gasteiger partial charge >= 0.3 is 0 Å². The van der Waals surface area contributed by atoms with E-state index in [1.165, 1.54) is 11.8 Å². The highest BCUT2D eigenvalue weighted by molar-refractivity contribution is 7.99. The molecule has 0 spiro atoms. The fraction of sp³-hybridized carbons (Fsp3) is 0.182. The van der Waals surface area contributed by atoms with Crippen LogP contribution >= 0.6 is 11.8 Å². The van der Waals surface area contributed by atoms with Crippen molar-refractivity contribution in [3.8, 4) is 0 Å². The number of amides is 1. The highest BCUT2D eigenvalue weighted by Crippen LogP contribution is 2.28. The first kappa shape index (κ1) is 21.1. The van der Waals surface area contributed by atoms with Crippen molar-refractivity contribution in [1.29, 1.82) is 0 Å². The molecule has 7 heteroatoms. The smallest absolute Gasteiger partial charge is 0.254 e. The van der Waals surface area contributed by atoms with Gasteiger partial charge in [0.1, 0.15) is 5.03 Å². The molecule has 0 fully saturated rings. The van der Waals surface area contributed by atoms with E-state index >= 15 is 0 Å². The van der Waals surface area contributed by atoms with Gasteiger partial charge in [0.2, 0.25) is 0 Å². The van der Waals surface area contributed by atoms with Crippen molar-refractivity contribution in [1.82, 2.24) is 10.3 Å². The molecule has 0 aliphatic carbocycles. The molecule has 0 bridgehead atoms. The lowest BCUT2D eigenvalue weighted by Gasteiger charge is -2.09. The number of rotatable bonds is 9. The molecule has 0 aliphatic heterocycles. The van der Waals surface area contributed by atoms with Crippen LogP contribution in [-0.4, -0.2) is 31.6 Å². The van der Waals surface area contributed by atoms with Crippen molar-refractivity contribution < 1.29 is 13.2 Å². The number of aromatic nitrogens is 1. The summed E-state index contributed by atoms with van der Waals surface area (Å²) in [5, 5.41) is 3.42. The van der Waals surface area contributed by atoms with Gasteiger partial charge in [-0.25, -0.2) is 13.4 Å². The van der Waals surface area contributed by atoms with Crippen molar-refractivity contribution >= 4 is 27.5 Å². The summed E-state index contributed by atoms with van der Waals surface area (Å²) in [4.78, 5) is 17.9. The molecule has 5 nitrogen and oxygen atoms in total. The van der Waals surface area contributed by atoms with Gasteiger partial charge in [-0.2, -0.15) is 0 Å². The molecular formula is C22H22N2O3S2. The third kappa shape index (κ3) is 6.73. The van der Waals surface area contributed by atoms with Gasteiger partial charge in [-0.05, 0) is 36.2 Å². The summed E-state index contributed by atoms with van der Waals surface area (Å²) in [6, 6.07) is 22.2. The third-order valence-corrected chi connectivity index (χ3v) is 6.83. The molecule has 3 rings (SSSR count). The molecule has 0 saturated heterocycles. The molecular weight excluding hydrogens is 404 g/mol. The SMILES string of the molecule is O=C(NCCCS(=O)(=O)Cc1ccccc1)c1cccnc1Sc1ccccc1. The highest BCUT2D eigenvalue weighted by atomic mass is 32.2. The molecule has 29 heavy (non-hydrogen) atoms. The summed E-state index contributed by atoms with van der Waals surface area (Å²) >= 11 is 1.42. The number of pyridine rings is 1. The van der Waals surface area contributed by atoms with Crippen LogP contribution in [0.1, 0.15) is 22.3 Å². The van der Waals surface area contributed by atoms with Crippen LogP contribution < -0.4 is 5.32 Å². The van der Waals surface area contributed by atoms with Crippen molar-refractivity contribution in [2.24, 2.45) is 0 Å². The molecule has 1 N–H and O–H groups in total. The Morgan fingerprint density at radius 1 is 0.931 bits per heavy atom. The summed E-state index contributed by atoms with van der Waals surface area (Å²) < 4.78 is 24.5. The molecule has 0 unspecified atom stereocenters. The Balaban J connectivity index is 1.52. The normalized spacial score (nSPS) is 11.2. The Bertz CT molecular complexity index is 1040. The molecule has 2 aromatic carbocycles. The topological polar surface area (TPSA) is 76.1 Å². The highest BCUT2D eigenvalue weighted by Gasteiger charge is 2.15. The van der Waals surface area contributed by atoms with Gasteiger partial charge in [-0.1, -0.05) is 60.3 Å². The van der Waals surface area contributed by atoms with E-state index in [-0.39, 0.29) is 24.0 Å². The maximum Gasteiger partial charge on any atom is 0.254 e. The predicted molar refractivity (Wildman–Crippen MR) is 116 cm³/mol. The largest absolute Gasteiger partial charge is 0.352 e. The zero-order valence-electron chi connectivity index (χ0n) is 15.8. The van der Waals surface area contributed by atoms with E-state index in [1.54, 1.807) is 30.5 Å². The molecule has 1 heterocycles. The predicted octanol–water partition coefficient (Wildman–Crippen LogP) is 3.97. The van der Waals surface area contributed by atoms with E-state index in [9.17, 15) is 13.2 Å². The maximum atomic E-state index is 12.6. The number of sulfone groups is 1. The van der Waals surface area contributed by atoms with Crippen LogP contribution in [0.5, 0.6) is 0 Å². The van der Waals surface area contributed by atoms with Gasteiger partial charge in [0, 0.05) is 17.6 Å². The van der Waals surface area contributed by atoms with Gasteiger partial charge in [-0.15, -0.1) is 0 Å². The lowest BCUT2D eigenvalue weighted by Crippen LogP contribution is -2.26. The molecule has 0 atom stereocenters. The number of hydrogen-bond acceptors (Lipinski definition) is 5. The lowest BCUT2D eigenvalue weighted by molar-refractivity contribution is 0.0950. The molecule has 150 valence electrons. The van der Waals surface area contributed by atoms with Gasteiger partial charge in [0.25, 0.3) is 5.91 Å². The lowest BCUT2D eigenvalue weighted by atomic mass is 10.2. The van der Waals surface area contributed by atoms with Crippen LogP contribution in [0.15, 0.2) is 88.9 Å². The number of carbonyl (C=O) groups is 1. The Labute approximate surface area is 175 Å². The third-order valence-electron chi connectivity index (χ3n) is 4.12. The zero-order chi connectivity index (χ0) is 20.5. The van der Waals surface area contributed by atoms with Crippen LogP contribution in [0.3, 0.4) is 0 Å². The summed E-state index contributed by atoms with van der Waals surface area (Å²) in [5.74, 6) is -0.208. The van der Waals surface area contributed by atoms with Crippen molar-refractivity contribution in [3.63, 3.8) is 0 Å². The minimum Gasteiger partial charge on any atom is -0.352 e. The van der Waals surface area contributed by atoms with E-state index in [1.807, 2.05) is 48.5 Å². The summed E-state index contributed by atoms with van der Waals surface area (Å²) in [7, 11) is -3.21. The Morgan fingerprint density at radius 3 is 2.34 bits per heavy atom. The van der Waals surface area contributed by atoms with E-state index in [4.69, 9.17) is 0 Å². The quantitative estimate of drug-likeness (QED) is 0.524. The monoisotopic (exact) mass is 426 g/mol. The van der Waals surface area contributed by atoms with Crippen LogP contribution in [0, 0.1) is 0 Å². The van der Waals surface area contributed by atoms with E-state index in [0.29, 0.717) is 17.0 Å². The van der Waals surface area contributed by atoms with Crippen LogP contribution in [0.4, 0.5) is 0 Å². The second kappa shape index (κ2) is 10.2. The van der Waals surface area contributed by atoms with Crippen molar-refractivity contribution in [2.75, 3.05) is 12.3 Å². The fourth-order valence-electron chi connectivity index (χ4n) is 2.73. The summed E-state index contributed by atoms with van der Waals surface area (Å²) in [6.07, 6.45) is 2.01. The number of benzene rings is 2. The Hall–Kier alpha value is -2.64. The first-order valence-corrected chi connectivity index (χ1v) is 11.9. The van der Waals surface area contributed by atoms with Crippen LogP contribution in [-0.2, 0) is 15.6 Å². The molecule has 0 saturated carbocycles. The molecule has 1 amide bonds. The van der Waals surface area contributed by atoms with Gasteiger partial charge < -0.3 is 5.32 Å². The average Bonchev–Trinajstić information content (AvgIpc) is 2.73. The van der Waals surface area contributed by atoms with E-state index in [2.05, 4.69) is 10.3 Å². The maximum absolute atomic E-state index is 12.6. The minimum atomic E-state index is -3.21. The van der Waals surface area contributed by atoms with Crippen molar-refractivity contribution in [2.45, 2.75) is 22.1 Å². The number of carbonyl (C=O) groups excluding carboxylic acids is 1. The second-order valence-corrected chi connectivity index (χ2v) is 9.70. The Kier molecular flexibility index (Phi) is 7.43.